The zero-order chi connectivity index (χ0) is 12.3. The van der Waals surface area contributed by atoms with Gasteiger partial charge < -0.3 is 10.2 Å². The third-order valence-electron chi connectivity index (χ3n) is 3.10. The molecule has 5 heteroatoms. The van der Waals surface area contributed by atoms with Gasteiger partial charge in [-0.05, 0) is 32.0 Å². The van der Waals surface area contributed by atoms with Crippen LogP contribution in [0.15, 0.2) is 12.3 Å². The number of halogens is 2. The zero-order valence-corrected chi connectivity index (χ0v) is 11.4. The summed E-state index contributed by atoms with van der Waals surface area (Å²) in [4.78, 5) is 6.66. The van der Waals surface area contributed by atoms with Crippen molar-refractivity contribution < 1.29 is 0 Å². The first-order chi connectivity index (χ1) is 8.19. The first-order valence-corrected chi connectivity index (χ1v) is 6.74. The van der Waals surface area contributed by atoms with E-state index in [9.17, 15) is 0 Å². The molecule has 1 aliphatic heterocycles. The second kappa shape index (κ2) is 5.89. The fourth-order valence-corrected chi connectivity index (χ4v) is 2.61. The van der Waals surface area contributed by atoms with Gasteiger partial charge in [0.05, 0.1) is 10.0 Å². The molecule has 0 saturated carbocycles. The van der Waals surface area contributed by atoms with Crippen molar-refractivity contribution in [1.29, 1.82) is 0 Å². The molecule has 0 aromatic carbocycles. The molecule has 1 unspecified atom stereocenters. The van der Waals surface area contributed by atoms with Crippen molar-refractivity contribution in [2.24, 2.45) is 0 Å². The monoisotopic (exact) mass is 273 g/mol. The van der Waals surface area contributed by atoms with Gasteiger partial charge in [0.1, 0.15) is 5.82 Å². The number of nitrogens with one attached hydrogen (secondary N) is 1. The summed E-state index contributed by atoms with van der Waals surface area (Å²) in [5.74, 6) is 0.735. The van der Waals surface area contributed by atoms with E-state index in [1.54, 1.807) is 12.3 Å². The molecule has 0 radical (unpaired) electrons. The maximum Gasteiger partial charge on any atom is 0.145 e. The molecule has 1 fully saturated rings. The largest absolute Gasteiger partial charge is 0.365 e. The van der Waals surface area contributed by atoms with Crippen LogP contribution in [0.25, 0.3) is 0 Å². The van der Waals surface area contributed by atoms with Crippen molar-refractivity contribution in [3.8, 4) is 0 Å². The summed E-state index contributed by atoms with van der Waals surface area (Å²) in [6, 6.07) is 2.15. The molecule has 2 heterocycles. The molecule has 94 valence electrons. The highest BCUT2D eigenvalue weighted by Gasteiger charge is 2.19. The van der Waals surface area contributed by atoms with Crippen molar-refractivity contribution in [3.63, 3.8) is 0 Å². The number of piperidine rings is 1. The minimum atomic E-state index is 0.426. The van der Waals surface area contributed by atoms with Gasteiger partial charge in [-0.15, -0.1) is 0 Å². The van der Waals surface area contributed by atoms with E-state index in [1.807, 2.05) is 0 Å². The predicted molar refractivity (Wildman–Crippen MR) is 73.0 cm³/mol. The molecule has 1 N–H and O–H groups in total. The minimum absolute atomic E-state index is 0.426. The maximum absolute atomic E-state index is 6.10. The van der Waals surface area contributed by atoms with Crippen LogP contribution in [0, 0.1) is 0 Å². The third-order valence-corrected chi connectivity index (χ3v) is 3.60. The molecule has 1 aromatic rings. The van der Waals surface area contributed by atoms with Crippen molar-refractivity contribution in [1.82, 2.24) is 9.88 Å². The highest BCUT2D eigenvalue weighted by molar-refractivity contribution is 6.35. The summed E-state index contributed by atoms with van der Waals surface area (Å²) in [7, 11) is 0. The molecule has 0 aliphatic carbocycles. The van der Waals surface area contributed by atoms with Crippen LogP contribution in [0.1, 0.15) is 19.8 Å². The lowest BCUT2D eigenvalue weighted by Crippen LogP contribution is -2.42. The fourth-order valence-electron chi connectivity index (χ4n) is 2.17. The van der Waals surface area contributed by atoms with Crippen LogP contribution in [0.4, 0.5) is 5.82 Å². The van der Waals surface area contributed by atoms with E-state index in [4.69, 9.17) is 23.2 Å². The topological polar surface area (TPSA) is 28.2 Å². The Labute approximate surface area is 112 Å². The Bertz CT molecular complexity index is 384. The van der Waals surface area contributed by atoms with Crippen molar-refractivity contribution in [2.45, 2.75) is 25.8 Å². The molecular weight excluding hydrogens is 257 g/mol. The van der Waals surface area contributed by atoms with Crippen LogP contribution in [0.2, 0.25) is 10.0 Å². The summed E-state index contributed by atoms with van der Waals surface area (Å²) in [5.41, 5.74) is 0. The van der Waals surface area contributed by atoms with Crippen LogP contribution in [-0.4, -0.2) is 35.6 Å². The summed E-state index contributed by atoms with van der Waals surface area (Å²) in [6.07, 6.45) is 4.00. The van der Waals surface area contributed by atoms with E-state index in [-0.39, 0.29) is 0 Å². The van der Waals surface area contributed by atoms with Gasteiger partial charge in [0.2, 0.25) is 0 Å². The lowest BCUT2D eigenvalue weighted by Gasteiger charge is -2.32. The summed E-state index contributed by atoms with van der Waals surface area (Å²) in [6.45, 7) is 5.53. The molecule has 0 bridgehead atoms. The van der Waals surface area contributed by atoms with Crippen LogP contribution >= 0.6 is 23.2 Å². The van der Waals surface area contributed by atoms with Crippen molar-refractivity contribution >= 4 is 29.0 Å². The average Bonchev–Trinajstić information content (AvgIpc) is 2.33. The minimum Gasteiger partial charge on any atom is -0.365 e. The molecule has 17 heavy (non-hydrogen) atoms. The fraction of sp³-hybridized carbons (Fsp3) is 0.583. The first kappa shape index (κ1) is 12.9. The molecule has 0 amide bonds. The second-order valence-corrected chi connectivity index (χ2v) is 5.20. The van der Waals surface area contributed by atoms with Crippen molar-refractivity contribution in [3.05, 3.63) is 22.3 Å². The number of hydrogen-bond acceptors (Lipinski definition) is 3. The molecule has 3 nitrogen and oxygen atoms in total. The van der Waals surface area contributed by atoms with Gasteiger partial charge in [0.15, 0.2) is 0 Å². The first-order valence-electron chi connectivity index (χ1n) is 5.99. The van der Waals surface area contributed by atoms with Crippen LogP contribution in [-0.2, 0) is 0 Å². The van der Waals surface area contributed by atoms with Gasteiger partial charge in [-0.1, -0.05) is 30.1 Å². The number of anilines is 1. The number of likely N-dealkylation sites (N-methyl/N-ethyl adjacent to an activating group) is 1. The SMILES string of the molecule is CCN1CCCC(Nc2ncc(Cl)cc2Cl)C1. The smallest absolute Gasteiger partial charge is 0.145 e. The van der Waals surface area contributed by atoms with Gasteiger partial charge >= 0.3 is 0 Å². The quantitative estimate of drug-likeness (QED) is 0.916. The van der Waals surface area contributed by atoms with Gasteiger partial charge in [-0.3, -0.25) is 0 Å². The van der Waals surface area contributed by atoms with E-state index in [1.165, 1.54) is 13.0 Å². The average molecular weight is 274 g/mol. The van der Waals surface area contributed by atoms with E-state index in [2.05, 4.69) is 22.1 Å². The predicted octanol–water partition coefficient (Wildman–Crippen LogP) is 3.28. The molecular formula is C12H17Cl2N3. The molecule has 0 spiro atoms. The Morgan fingerprint density at radius 3 is 3.06 bits per heavy atom. The molecule has 1 aromatic heterocycles. The Hall–Kier alpha value is -0.510. The van der Waals surface area contributed by atoms with E-state index in [0.29, 0.717) is 16.1 Å². The number of hydrogen-bond donors (Lipinski definition) is 1. The Kier molecular flexibility index (Phi) is 4.48. The van der Waals surface area contributed by atoms with E-state index >= 15 is 0 Å². The molecule has 1 atom stereocenters. The van der Waals surface area contributed by atoms with Crippen LogP contribution in [0.5, 0.6) is 0 Å². The Balaban J connectivity index is 2.00. The molecule has 1 aliphatic rings. The number of nitrogens with zero attached hydrogens (tertiary/aromatic N) is 2. The Morgan fingerprint density at radius 1 is 1.53 bits per heavy atom. The third kappa shape index (κ3) is 3.47. The highest BCUT2D eigenvalue weighted by Crippen LogP contribution is 2.24. The van der Waals surface area contributed by atoms with Gasteiger partial charge in [-0.2, -0.15) is 0 Å². The van der Waals surface area contributed by atoms with E-state index < -0.39 is 0 Å². The second-order valence-electron chi connectivity index (χ2n) is 4.36. The lowest BCUT2D eigenvalue weighted by atomic mass is 10.1. The maximum atomic E-state index is 6.10. The van der Waals surface area contributed by atoms with Crippen LogP contribution in [0.3, 0.4) is 0 Å². The molecule has 1 saturated heterocycles. The summed E-state index contributed by atoms with van der Waals surface area (Å²) >= 11 is 11.9. The standard InChI is InChI=1S/C12H17Cl2N3/c1-2-17-5-3-4-10(8-17)16-12-11(14)6-9(13)7-15-12/h6-7,10H,2-5,8H2,1H3,(H,15,16). The Morgan fingerprint density at radius 2 is 2.35 bits per heavy atom. The number of pyridine rings is 1. The van der Waals surface area contributed by atoms with Crippen molar-refractivity contribution in [2.75, 3.05) is 25.0 Å². The highest BCUT2D eigenvalue weighted by atomic mass is 35.5. The van der Waals surface area contributed by atoms with Crippen LogP contribution < -0.4 is 5.32 Å². The number of likely N-dealkylation sites (tertiary alicyclic amines) is 1. The van der Waals surface area contributed by atoms with Gasteiger partial charge in [-0.25, -0.2) is 4.98 Å². The van der Waals surface area contributed by atoms with Gasteiger partial charge in [0, 0.05) is 18.8 Å². The summed E-state index contributed by atoms with van der Waals surface area (Å²) < 4.78 is 0. The normalized spacial score (nSPS) is 21.5. The van der Waals surface area contributed by atoms with Gasteiger partial charge in [0.25, 0.3) is 0 Å². The molecule has 2 rings (SSSR count). The number of rotatable bonds is 3. The summed E-state index contributed by atoms with van der Waals surface area (Å²) in [5, 5.41) is 4.56. The lowest BCUT2D eigenvalue weighted by molar-refractivity contribution is 0.226. The number of aromatic nitrogens is 1. The van der Waals surface area contributed by atoms with E-state index in [0.717, 1.165) is 25.3 Å². The zero-order valence-electron chi connectivity index (χ0n) is 9.92.